The van der Waals surface area contributed by atoms with Gasteiger partial charge in [0.05, 0.1) is 11.6 Å². The van der Waals surface area contributed by atoms with Crippen LogP contribution < -0.4 is 0 Å². The molecule has 1 heterocycles. The van der Waals surface area contributed by atoms with Crippen LogP contribution in [0.3, 0.4) is 0 Å². The van der Waals surface area contributed by atoms with Gasteiger partial charge in [-0.3, -0.25) is 0 Å². The average molecular weight is 205 g/mol. The Balaban J connectivity index is 2.95. The molecule has 0 spiro atoms. The summed E-state index contributed by atoms with van der Waals surface area (Å²) in [6.45, 7) is 1.63. The van der Waals surface area contributed by atoms with Crippen LogP contribution >= 0.6 is 11.3 Å². The molecule has 1 aromatic rings. The van der Waals surface area contributed by atoms with E-state index in [1.807, 2.05) is 0 Å². The van der Waals surface area contributed by atoms with Gasteiger partial charge in [0.15, 0.2) is 5.01 Å². The van der Waals surface area contributed by atoms with Crippen LogP contribution in [0.4, 0.5) is 13.2 Å². The normalized spacial score (nSPS) is 13.8. The largest absolute Gasteiger partial charge is 0.443 e. The Labute approximate surface area is 77.6 Å². The zero-order chi connectivity index (χ0) is 10.1. The monoisotopic (exact) mass is 205 g/mol. The summed E-state index contributed by atoms with van der Waals surface area (Å²) in [6, 6.07) is 0. The first kappa shape index (κ1) is 10.1. The van der Waals surface area contributed by atoms with Gasteiger partial charge in [-0.05, 0) is 6.92 Å². The van der Waals surface area contributed by atoms with Gasteiger partial charge in [0.1, 0.15) is 0 Å². The smallest absolute Gasteiger partial charge is 0.236 e. The van der Waals surface area contributed by atoms with Crippen molar-refractivity contribution in [1.29, 1.82) is 0 Å². The number of hydrogen-bond acceptors (Lipinski definition) is 2. The summed E-state index contributed by atoms with van der Waals surface area (Å²) in [5.74, 6) is 1.95. The van der Waals surface area contributed by atoms with Crippen molar-refractivity contribution in [3.63, 3.8) is 0 Å². The second-order valence-electron chi connectivity index (χ2n) is 2.46. The summed E-state index contributed by atoms with van der Waals surface area (Å²) in [7, 11) is 0. The van der Waals surface area contributed by atoms with E-state index in [0.717, 1.165) is 0 Å². The van der Waals surface area contributed by atoms with Crippen molar-refractivity contribution >= 4 is 11.3 Å². The van der Waals surface area contributed by atoms with Crippen molar-refractivity contribution in [3.8, 4) is 12.3 Å². The van der Waals surface area contributed by atoms with Crippen LogP contribution in [0.25, 0.3) is 0 Å². The minimum absolute atomic E-state index is 0.305. The fraction of sp³-hybridized carbons (Fsp3) is 0.375. The molecular weight excluding hydrogens is 199 g/mol. The van der Waals surface area contributed by atoms with Crippen molar-refractivity contribution in [1.82, 2.24) is 4.98 Å². The van der Waals surface area contributed by atoms with Crippen LogP contribution in [0.5, 0.6) is 0 Å². The lowest BCUT2D eigenvalue weighted by atomic mass is 10.1. The first-order valence-electron chi connectivity index (χ1n) is 3.44. The molecule has 0 N–H and O–H groups in total. The van der Waals surface area contributed by atoms with E-state index in [1.54, 1.807) is 6.92 Å². The fourth-order valence-electron chi connectivity index (χ4n) is 0.701. The molecule has 0 saturated carbocycles. The van der Waals surface area contributed by atoms with Crippen molar-refractivity contribution in [2.24, 2.45) is 0 Å². The summed E-state index contributed by atoms with van der Waals surface area (Å²) in [5.41, 5.74) is 0.305. The summed E-state index contributed by atoms with van der Waals surface area (Å²) < 4.78 is 36.2. The van der Waals surface area contributed by atoms with Crippen molar-refractivity contribution in [2.45, 2.75) is 19.0 Å². The quantitative estimate of drug-likeness (QED) is 0.642. The lowest BCUT2D eigenvalue weighted by Gasteiger charge is -2.00. The highest BCUT2D eigenvalue weighted by Gasteiger charge is 2.34. The molecule has 0 radical (unpaired) electrons. The van der Waals surface area contributed by atoms with Crippen LogP contribution in [0, 0.1) is 12.3 Å². The molecule has 1 unspecified atom stereocenters. The van der Waals surface area contributed by atoms with Gasteiger partial charge in [0.2, 0.25) is 0 Å². The molecule has 70 valence electrons. The Morgan fingerprint density at radius 3 is 2.62 bits per heavy atom. The maximum absolute atomic E-state index is 12.1. The third kappa shape index (κ3) is 2.22. The predicted molar refractivity (Wildman–Crippen MR) is 44.4 cm³/mol. The number of terminal acetylenes is 1. The maximum Gasteiger partial charge on any atom is 0.443 e. The minimum atomic E-state index is -4.36. The van der Waals surface area contributed by atoms with Crippen molar-refractivity contribution in [3.05, 3.63) is 16.1 Å². The molecule has 1 atom stereocenters. The summed E-state index contributed by atoms with van der Waals surface area (Å²) in [4.78, 5) is 3.40. The van der Waals surface area contributed by atoms with Gasteiger partial charge < -0.3 is 0 Å². The summed E-state index contributed by atoms with van der Waals surface area (Å²) >= 11 is 0.569. The molecule has 0 fully saturated rings. The zero-order valence-electron chi connectivity index (χ0n) is 6.72. The van der Waals surface area contributed by atoms with Crippen LogP contribution in [0.1, 0.15) is 23.5 Å². The van der Waals surface area contributed by atoms with Gasteiger partial charge in [-0.25, -0.2) is 4.98 Å². The number of rotatable bonds is 1. The van der Waals surface area contributed by atoms with Gasteiger partial charge in [0, 0.05) is 5.38 Å². The number of alkyl halides is 3. The van der Waals surface area contributed by atoms with Gasteiger partial charge >= 0.3 is 6.18 Å². The molecule has 1 aromatic heterocycles. The van der Waals surface area contributed by atoms with E-state index >= 15 is 0 Å². The highest BCUT2D eigenvalue weighted by Crippen LogP contribution is 2.32. The first-order valence-corrected chi connectivity index (χ1v) is 4.32. The van der Waals surface area contributed by atoms with Gasteiger partial charge in [0.25, 0.3) is 0 Å². The van der Waals surface area contributed by atoms with Crippen LogP contribution in [-0.4, -0.2) is 4.98 Å². The molecule has 0 bridgehead atoms. The Hall–Kier alpha value is -1.02. The summed E-state index contributed by atoms with van der Waals surface area (Å²) in [6.07, 6.45) is 0.692. The molecule has 0 aromatic carbocycles. The third-order valence-corrected chi connectivity index (χ3v) is 2.36. The molecule has 1 rings (SSSR count). The molecule has 0 saturated heterocycles. The van der Waals surface area contributed by atoms with E-state index in [-0.39, 0.29) is 5.92 Å². The Morgan fingerprint density at radius 1 is 1.62 bits per heavy atom. The number of thiazole rings is 1. The molecular formula is C8H6F3NS. The van der Waals surface area contributed by atoms with Gasteiger partial charge in [-0.2, -0.15) is 13.2 Å². The van der Waals surface area contributed by atoms with Crippen LogP contribution in [-0.2, 0) is 6.18 Å². The topological polar surface area (TPSA) is 12.9 Å². The standard InChI is InChI=1S/C8H6F3NS/c1-3-5(2)6-4-13-7(12-6)8(9,10)11/h1,4-5H,2H3. The first-order chi connectivity index (χ1) is 5.95. The van der Waals surface area contributed by atoms with Crippen molar-refractivity contribution < 1.29 is 13.2 Å². The van der Waals surface area contributed by atoms with E-state index in [9.17, 15) is 13.2 Å². The SMILES string of the molecule is C#CC(C)c1csc(C(F)(F)F)n1. The highest BCUT2D eigenvalue weighted by molar-refractivity contribution is 7.09. The Kier molecular flexibility index (Phi) is 2.62. The number of halogens is 3. The third-order valence-electron chi connectivity index (χ3n) is 1.46. The Morgan fingerprint density at radius 2 is 2.23 bits per heavy atom. The molecule has 0 aliphatic rings. The second kappa shape index (κ2) is 3.38. The van der Waals surface area contributed by atoms with E-state index < -0.39 is 11.2 Å². The molecule has 5 heteroatoms. The molecule has 13 heavy (non-hydrogen) atoms. The van der Waals surface area contributed by atoms with E-state index in [4.69, 9.17) is 6.42 Å². The van der Waals surface area contributed by atoms with Crippen LogP contribution in [0.15, 0.2) is 5.38 Å². The summed E-state index contributed by atoms with van der Waals surface area (Å²) in [5, 5.41) is 0.498. The average Bonchev–Trinajstić information content (AvgIpc) is 2.50. The lowest BCUT2D eigenvalue weighted by Crippen LogP contribution is -2.04. The minimum Gasteiger partial charge on any atom is -0.236 e. The van der Waals surface area contributed by atoms with Gasteiger partial charge in [-0.15, -0.1) is 17.8 Å². The number of aromatic nitrogens is 1. The zero-order valence-corrected chi connectivity index (χ0v) is 7.54. The van der Waals surface area contributed by atoms with E-state index in [1.165, 1.54) is 5.38 Å². The lowest BCUT2D eigenvalue weighted by molar-refractivity contribution is -0.137. The number of nitrogens with zero attached hydrogens (tertiary/aromatic N) is 1. The molecule has 0 amide bonds. The Bertz CT molecular complexity index is 334. The molecule has 0 aliphatic carbocycles. The fourth-order valence-corrected chi connectivity index (χ4v) is 1.48. The highest BCUT2D eigenvalue weighted by atomic mass is 32.1. The van der Waals surface area contributed by atoms with Crippen molar-refractivity contribution in [2.75, 3.05) is 0 Å². The number of hydrogen-bond donors (Lipinski definition) is 0. The van der Waals surface area contributed by atoms with Crippen LogP contribution in [0.2, 0.25) is 0 Å². The predicted octanol–water partition coefficient (Wildman–Crippen LogP) is 2.90. The second-order valence-corrected chi connectivity index (χ2v) is 3.32. The maximum atomic E-state index is 12.1. The van der Waals surface area contributed by atoms with E-state index in [2.05, 4.69) is 10.9 Å². The van der Waals surface area contributed by atoms with E-state index in [0.29, 0.717) is 17.0 Å². The molecule has 0 aliphatic heterocycles. The van der Waals surface area contributed by atoms with Gasteiger partial charge in [-0.1, -0.05) is 5.92 Å². The molecule has 1 nitrogen and oxygen atoms in total.